The summed E-state index contributed by atoms with van der Waals surface area (Å²) < 4.78 is 5.91. The number of aromatic nitrogens is 1. The molecule has 3 aromatic rings. The number of nitrogens with zero attached hydrogens (tertiary/aromatic N) is 3. The molecule has 5 heteroatoms. The number of benzene rings is 2. The smallest absolute Gasteiger partial charge is 0.212 e. The molecule has 2 aromatic carbocycles. The van der Waals surface area contributed by atoms with Gasteiger partial charge in [-0.15, -0.1) is 0 Å². The summed E-state index contributed by atoms with van der Waals surface area (Å²) in [6, 6.07) is 15.5. The molecule has 1 N–H and O–H groups in total. The van der Waals surface area contributed by atoms with Crippen molar-refractivity contribution in [2.45, 2.75) is 13.0 Å². The van der Waals surface area contributed by atoms with Crippen LogP contribution in [-0.2, 0) is 0 Å². The molecule has 4 rings (SSSR count). The first-order valence-electron chi connectivity index (χ1n) is 8.34. The molecular formula is C19H21N3O2. The van der Waals surface area contributed by atoms with Gasteiger partial charge in [0.2, 0.25) is 5.89 Å². The van der Waals surface area contributed by atoms with E-state index in [2.05, 4.69) is 21.7 Å². The maximum atomic E-state index is 9.41. The highest BCUT2D eigenvalue weighted by molar-refractivity contribution is 5.72. The van der Waals surface area contributed by atoms with E-state index >= 15 is 0 Å². The second-order valence-corrected chi connectivity index (χ2v) is 6.24. The Morgan fingerprint density at radius 2 is 1.71 bits per heavy atom. The third kappa shape index (κ3) is 2.83. The second-order valence-electron chi connectivity index (χ2n) is 6.24. The van der Waals surface area contributed by atoms with Gasteiger partial charge in [0.05, 0.1) is 6.04 Å². The number of anilines is 1. The van der Waals surface area contributed by atoms with E-state index in [1.54, 1.807) is 12.1 Å². The van der Waals surface area contributed by atoms with Crippen LogP contribution in [0.25, 0.3) is 11.1 Å². The molecule has 1 atom stereocenters. The second kappa shape index (κ2) is 6.17. The molecule has 1 saturated heterocycles. The fourth-order valence-corrected chi connectivity index (χ4v) is 3.26. The zero-order valence-electron chi connectivity index (χ0n) is 13.7. The van der Waals surface area contributed by atoms with E-state index in [9.17, 15) is 5.11 Å². The molecule has 0 amide bonds. The number of hydrogen-bond acceptors (Lipinski definition) is 5. The number of fused-ring (bicyclic) bond motifs is 1. The van der Waals surface area contributed by atoms with Crippen LogP contribution >= 0.6 is 0 Å². The number of oxazole rings is 1. The number of piperazine rings is 1. The molecule has 0 saturated carbocycles. The third-order valence-corrected chi connectivity index (χ3v) is 4.74. The molecule has 0 radical (unpaired) electrons. The highest BCUT2D eigenvalue weighted by atomic mass is 16.3. The Morgan fingerprint density at radius 3 is 2.42 bits per heavy atom. The van der Waals surface area contributed by atoms with Gasteiger partial charge in [0.25, 0.3) is 0 Å². The highest BCUT2D eigenvalue weighted by Crippen LogP contribution is 2.26. The third-order valence-electron chi connectivity index (χ3n) is 4.74. The van der Waals surface area contributed by atoms with E-state index in [0.717, 1.165) is 48.9 Å². The van der Waals surface area contributed by atoms with Gasteiger partial charge in [0.15, 0.2) is 5.58 Å². The summed E-state index contributed by atoms with van der Waals surface area (Å²) in [7, 11) is 0. The fraction of sp³-hybridized carbons (Fsp3) is 0.316. The number of phenols is 1. The summed E-state index contributed by atoms with van der Waals surface area (Å²) in [5.74, 6) is 1.09. The van der Waals surface area contributed by atoms with Crippen LogP contribution in [0, 0.1) is 0 Å². The van der Waals surface area contributed by atoms with Crippen molar-refractivity contribution in [1.82, 2.24) is 9.88 Å². The zero-order chi connectivity index (χ0) is 16.5. The molecule has 0 aliphatic carbocycles. The first kappa shape index (κ1) is 15.0. The lowest BCUT2D eigenvalue weighted by atomic mass is 10.2. The summed E-state index contributed by atoms with van der Waals surface area (Å²) in [4.78, 5) is 9.37. The van der Waals surface area contributed by atoms with Gasteiger partial charge < -0.3 is 14.4 Å². The molecule has 1 aromatic heterocycles. The first-order chi connectivity index (χ1) is 11.7. The maximum Gasteiger partial charge on any atom is 0.212 e. The lowest BCUT2D eigenvalue weighted by Gasteiger charge is -2.38. The number of para-hydroxylation sites is 2. The quantitative estimate of drug-likeness (QED) is 0.800. The summed E-state index contributed by atoms with van der Waals surface area (Å²) in [5, 5.41) is 9.41. The van der Waals surface area contributed by atoms with Crippen LogP contribution in [0.3, 0.4) is 0 Å². The SMILES string of the molecule is CC(c1nc2ccccc2o1)N1CCN(c2ccc(O)cc2)CC1. The van der Waals surface area contributed by atoms with Gasteiger partial charge in [-0.2, -0.15) is 0 Å². The lowest BCUT2D eigenvalue weighted by Crippen LogP contribution is -2.47. The van der Waals surface area contributed by atoms with Crippen LogP contribution in [0.4, 0.5) is 5.69 Å². The van der Waals surface area contributed by atoms with Crippen molar-refractivity contribution in [3.05, 3.63) is 54.4 Å². The Hall–Kier alpha value is -2.53. The van der Waals surface area contributed by atoms with Gasteiger partial charge in [0.1, 0.15) is 11.3 Å². The predicted octanol–water partition coefficient (Wildman–Crippen LogP) is 3.42. The number of hydrogen-bond donors (Lipinski definition) is 1. The number of phenolic OH excluding ortho intramolecular Hbond substituents is 1. The summed E-state index contributed by atoms with van der Waals surface area (Å²) in [6.07, 6.45) is 0. The molecule has 24 heavy (non-hydrogen) atoms. The number of aromatic hydroxyl groups is 1. The van der Waals surface area contributed by atoms with Crippen LogP contribution in [0.1, 0.15) is 18.9 Å². The monoisotopic (exact) mass is 323 g/mol. The maximum absolute atomic E-state index is 9.41. The predicted molar refractivity (Wildman–Crippen MR) is 94.3 cm³/mol. The van der Waals surface area contributed by atoms with Crippen molar-refractivity contribution in [2.24, 2.45) is 0 Å². The Labute approximate surface area is 141 Å². The van der Waals surface area contributed by atoms with Crippen LogP contribution in [0.15, 0.2) is 52.9 Å². The van der Waals surface area contributed by atoms with Crippen molar-refractivity contribution >= 4 is 16.8 Å². The van der Waals surface area contributed by atoms with Gasteiger partial charge in [-0.1, -0.05) is 12.1 Å². The van der Waals surface area contributed by atoms with E-state index in [1.807, 2.05) is 36.4 Å². The van der Waals surface area contributed by atoms with Crippen LogP contribution in [0.2, 0.25) is 0 Å². The van der Waals surface area contributed by atoms with Crippen molar-refractivity contribution in [1.29, 1.82) is 0 Å². The van der Waals surface area contributed by atoms with Crippen molar-refractivity contribution in [3.8, 4) is 5.75 Å². The fourth-order valence-electron chi connectivity index (χ4n) is 3.26. The van der Waals surface area contributed by atoms with E-state index in [1.165, 1.54) is 0 Å². The number of rotatable bonds is 3. The standard InChI is InChI=1S/C19H21N3O2/c1-14(19-20-17-4-2-3-5-18(17)24-19)21-10-12-22(13-11-21)15-6-8-16(23)9-7-15/h2-9,14,23H,10-13H2,1H3. The molecule has 1 fully saturated rings. The van der Waals surface area contributed by atoms with Gasteiger partial charge in [0, 0.05) is 31.9 Å². The summed E-state index contributed by atoms with van der Waals surface area (Å²) >= 11 is 0. The molecule has 1 aliphatic heterocycles. The van der Waals surface area contributed by atoms with Crippen LogP contribution in [-0.4, -0.2) is 41.2 Å². The molecule has 0 spiro atoms. The molecule has 0 bridgehead atoms. The molecule has 1 aliphatic rings. The van der Waals surface area contributed by atoms with Crippen molar-refractivity contribution in [2.75, 3.05) is 31.1 Å². The minimum atomic E-state index is 0.166. The Balaban J connectivity index is 1.44. The average Bonchev–Trinajstić information content (AvgIpc) is 3.06. The van der Waals surface area contributed by atoms with Crippen molar-refractivity contribution in [3.63, 3.8) is 0 Å². The highest BCUT2D eigenvalue weighted by Gasteiger charge is 2.25. The Kier molecular flexibility index (Phi) is 3.86. The normalized spacial score (nSPS) is 17.3. The van der Waals surface area contributed by atoms with Gasteiger partial charge >= 0.3 is 0 Å². The van der Waals surface area contributed by atoms with E-state index in [0.29, 0.717) is 5.75 Å². The molecular weight excluding hydrogens is 302 g/mol. The van der Waals surface area contributed by atoms with Crippen molar-refractivity contribution < 1.29 is 9.52 Å². The lowest BCUT2D eigenvalue weighted by molar-refractivity contribution is 0.175. The minimum absolute atomic E-state index is 0.166. The van der Waals surface area contributed by atoms with Gasteiger partial charge in [-0.3, -0.25) is 4.90 Å². The van der Waals surface area contributed by atoms with Gasteiger partial charge in [-0.05, 0) is 43.3 Å². The largest absolute Gasteiger partial charge is 0.508 e. The molecule has 1 unspecified atom stereocenters. The molecule has 2 heterocycles. The van der Waals surface area contributed by atoms with E-state index < -0.39 is 0 Å². The van der Waals surface area contributed by atoms with Gasteiger partial charge in [-0.25, -0.2) is 4.98 Å². The Bertz CT molecular complexity index is 787. The molecule has 124 valence electrons. The van der Waals surface area contributed by atoms with E-state index in [-0.39, 0.29) is 6.04 Å². The minimum Gasteiger partial charge on any atom is -0.508 e. The van der Waals surface area contributed by atoms with Crippen LogP contribution in [0.5, 0.6) is 5.75 Å². The summed E-state index contributed by atoms with van der Waals surface area (Å²) in [6.45, 7) is 5.98. The zero-order valence-corrected chi connectivity index (χ0v) is 13.7. The summed E-state index contributed by atoms with van der Waals surface area (Å²) in [5.41, 5.74) is 2.92. The molecule has 5 nitrogen and oxygen atoms in total. The topological polar surface area (TPSA) is 52.7 Å². The van der Waals surface area contributed by atoms with E-state index in [4.69, 9.17) is 4.42 Å². The van der Waals surface area contributed by atoms with Crippen LogP contribution < -0.4 is 4.90 Å². The average molecular weight is 323 g/mol. The Morgan fingerprint density at radius 1 is 1.00 bits per heavy atom. The first-order valence-corrected chi connectivity index (χ1v) is 8.34.